The van der Waals surface area contributed by atoms with Crippen molar-refractivity contribution in [1.29, 1.82) is 0 Å². The molecule has 1 aliphatic heterocycles. The fourth-order valence-electron chi connectivity index (χ4n) is 2.22. The van der Waals surface area contributed by atoms with E-state index in [2.05, 4.69) is 33.7 Å². The van der Waals surface area contributed by atoms with Crippen LogP contribution in [0.1, 0.15) is 33.1 Å². The quantitative estimate of drug-likeness (QED) is 0.858. The van der Waals surface area contributed by atoms with E-state index in [0.29, 0.717) is 11.4 Å². The van der Waals surface area contributed by atoms with Crippen molar-refractivity contribution in [1.82, 2.24) is 15.0 Å². The van der Waals surface area contributed by atoms with Crippen molar-refractivity contribution in [2.75, 3.05) is 30.8 Å². The fourth-order valence-corrected chi connectivity index (χ4v) is 2.22. The summed E-state index contributed by atoms with van der Waals surface area (Å²) in [6.45, 7) is 6.51. The molecule has 6 nitrogen and oxygen atoms in total. The molecule has 0 amide bonds. The molecule has 1 aromatic heterocycles. The molecule has 2 N–H and O–H groups in total. The Kier molecular flexibility index (Phi) is 3.54. The summed E-state index contributed by atoms with van der Waals surface area (Å²) >= 11 is 0. The molecule has 0 spiro atoms. The van der Waals surface area contributed by atoms with E-state index < -0.39 is 0 Å². The molecule has 0 radical (unpaired) electrons. The molecule has 1 fully saturated rings. The van der Waals surface area contributed by atoms with E-state index in [1.54, 1.807) is 0 Å². The minimum absolute atomic E-state index is 0.209. The predicted octanol–water partition coefficient (Wildman–Crippen LogP) is 1.48. The second kappa shape index (κ2) is 4.96. The van der Waals surface area contributed by atoms with Crippen LogP contribution < -0.4 is 15.4 Å². The number of aromatic nitrogens is 3. The minimum Gasteiger partial charge on any atom is -0.467 e. The summed E-state index contributed by atoms with van der Waals surface area (Å²) in [7, 11) is 1.53. The molecule has 1 saturated heterocycles. The Morgan fingerprint density at radius 3 is 2.67 bits per heavy atom. The molecular weight excluding hydrogens is 230 g/mol. The zero-order valence-corrected chi connectivity index (χ0v) is 11.3. The van der Waals surface area contributed by atoms with E-state index >= 15 is 0 Å². The van der Waals surface area contributed by atoms with Crippen LogP contribution in [0.15, 0.2) is 0 Å². The average molecular weight is 251 g/mol. The first-order valence-electron chi connectivity index (χ1n) is 6.31. The van der Waals surface area contributed by atoms with Crippen molar-refractivity contribution < 1.29 is 4.74 Å². The van der Waals surface area contributed by atoms with Gasteiger partial charge in [0.25, 0.3) is 0 Å². The molecule has 1 aliphatic rings. The Labute approximate surface area is 108 Å². The van der Waals surface area contributed by atoms with Gasteiger partial charge in [0.2, 0.25) is 11.9 Å². The Morgan fingerprint density at radius 1 is 1.17 bits per heavy atom. The molecule has 0 bridgehead atoms. The van der Waals surface area contributed by atoms with Gasteiger partial charge in [0.1, 0.15) is 0 Å². The molecule has 6 heteroatoms. The van der Waals surface area contributed by atoms with E-state index in [4.69, 9.17) is 10.5 Å². The first-order chi connectivity index (χ1) is 8.50. The van der Waals surface area contributed by atoms with Crippen LogP contribution in [0.25, 0.3) is 0 Å². The summed E-state index contributed by atoms with van der Waals surface area (Å²) in [6.07, 6.45) is 3.49. The Hall–Kier alpha value is -1.59. The smallest absolute Gasteiger partial charge is 0.322 e. The summed E-state index contributed by atoms with van der Waals surface area (Å²) in [5.74, 6) is 0.831. The van der Waals surface area contributed by atoms with Crippen molar-refractivity contribution in [2.24, 2.45) is 5.41 Å². The molecular formula is C12H21N5O. The predicted molar refractivity (Wildman–Crippen MR) is 70.6 cm³/mol. The molecule has 0 saturated carbocycles. The first kappa shape index (κ1) is 12.9. The molecule has 2 rings (SSSR count). The van der Waals surface area contributed by atoms with Crippen LogP contribution in [-0.2, 0) is 0 Å². The topological polar surface area (TPSA) is 77.2 Å². The largest absolute Gasteiger partial charge is 0.467 e. The lowest BCUT2D eigenvalue weighted by molar-refractivity contribution is 0.325. The van der Waals surface area contributed by atoms with Crippen molar-refractivity contribution in [3.8, 4) is 6.01 Å². The van der Waals surface area contributed by atoms with Crippen LogP contribution in [0.3, 0.4) is 0 Å². The summed E-state index contributed by atoms with van der Waals surface area (Å²) in [6, 6.07) is 0.279. The highest BCUT2D eigenvalue weighted by Crippen LogP contribution is 2.31. The molecule has 1 aromatic rings. The van der Waals surface area contributed by atoms with Gasteiger partial charge in [-0.25, -0.2) is 0 Å². The van der Waals surface area contributed by atoms with Gasteiger partial charge in [0, 0.05) is 13.1 Å². The number of methoxy groups -OCH3 is 1. The van der Waals surface area contributed by atoms with Gasteiger partial charge >= 0.3 is 6.01 Å². The second-order valence-electron chi connectivity index (χ2n) is 5.49. The van der Waals surface area contributed by atoms with Crippen LogP contribution in [0, 0.1) is 5.41 Å². The summed E-state index contributed by atoms with van der Waals surface area (Å²) in [5.41, 5.74) is 6.05. The third-order valence-electron chi connectivity index (χ3n) is 3.43. The van der Waals surface area contributed by atoms with Gasteiger partial charge in [-0.05, 0) is 24.7 Å². The highest BCUT2D eigenvalue weighted by atomic mass is 16.5. The third-order valence-corrected chi connectivity index (χ3v) is 3.43. The zero-order valence-electron chi connectivity index (χ0n) is 11.3. The number of hydrogen-bond donors (Lipinski definition) is 1. The van der Waals surface area contributed by atoms with E-state index in [1.807, 2.05) is 0 Å². The van der Waals surface area contributed by atoms with E-state index in [0.717, 1.165) is 25.9 Å². The van der Waals surface area contributed by atoms with Crippen molar-refractivity contribution in [3.63, 3.8) is 0 Å². The van der Waals surface area contributed by atoms with Gasteiger partial charge in [-0.15, -0.1) is 0 Å². The van der Waals surface area contributed by atoms with Crippen molar-refractivity contribution >= 4 is 11.9 Å². The maximum absolute atomic E-state index is 5.67. The molecule has 0 atom stereocenters. The van der Waals surface area contributed by atoms with E-state index in [9.17, 15) is 0 Å². The van der Waals surface area contributed by atoms with E-state index in [1.165, 1.54) is 13.5 Å². The number of ether oxygens (including phenoxy) is 1. The summed E-state index contributed by atoms with van der Waals surface area (Å²) in [4.78, 5) is 14.5. The lowest BCUT2D eigenvalue weighted by Gasteiger charge is -2.23. The molecule has 18 heavy (non-hydrogen) atoms. The summed E-state index contributed by atoms with van der Waals surface area (Å²) < 4.78 is 5.03. The molecule has 0 unspecified atom stereocenters. The number of rotatable bonds is 2. The number of nitrogens with two attached hydrogens (primary N) is 1. The first-order valence-corrected chi connectivity index (χ1v) is 6.31. The van der Waals surface area contributed by atoms with Gasteiger partial charge in [-0.3, -0.25) is 0 Å². The standard InChI is InChI=1S/C12H21N5O/c1-12(2)5-4-7-17(8-6-12)10-14-9(13)15-11(16-10)18-3/h4-8H2,1-3H3,(H2,13,14,15,16). The third kappa shape index (κ3) is 3.00. The van der Waals surface area contributed by atoms with Crippen LogP contribution in [0.5, 0.6) is 6.01 Å². The second-order valence-corrected chi connectivity index (χ2v) is 5.49. The van der Waals surface area contributed by atoms with E-state index in [-0.39, 0.29) is 12.0 Å². The van der Waals surface area contributed by atoms with Gasteiger partial charge in [0.05, 0.1) is 7.11 Å². The monoisotopic (exact) mass is 251 g/mol. The van der Waals surface area contributed by atoms with Crippen LogP contribution >= 0.6 is 0 Å². The van der Waals surface area contributed by atoms with Crippen LogP contribution in [0.2, 0.25) is 0 Å². The molecule has 0 aromatic carbocycles. The van der Waals surface area contributed by atoms with Gasteiger partial charge in [-0.2, -0.15) is 15.0 Å². The van der Waals surface area contributed by atoms with Crippen LogP contribution in [-0.4, -0.2) is 35.2 Å². The van der Waals surface area contributed by atoms with Gasteiger partial charge < -0.3 is 15.4 Å². The SMILES string of the molecule is COc1nc(N)nc(N2CCCC(C)(C)CC2)n1. The highest BCUT2D eigenvalue weighted by Gasteiger charge is 2.24. The van der Waals surface area contributed by atoms with Crippen molar-refractivity contribution in [2.45, 2.75) is 33.1 Å². The Morgan fingerprint density at radius 2 is 1.94 bits per heavy atom. The maximum atomic E-state index is 5.67. The lowest BCUT2D eigenvalue weighted by Crippen LogP contribution is -2.27. The molecule has 2 heterocycles. The zero-order chi connectivity index (χ0) is 13.2. The fraction of sp³-hybridized carbons (Fsp3) is 0.750. The summed E-state index contributed by atoms with van der Waals surface area (Å²) in [5, 5.41) is 0. The lowest BCUT2D eigenvalue weighted by atomic mass is 9.85. The number of nitrogens with zero attached hydrogens (tertiary/aromatic N) is 4. The molecule has 0 aliphatic carbocycles. The Bertz CT molecular complexity index is 421. The number of hydrogen-bond acceptors (Lipinski definition) is 6. The maximum Gasteiger partial charge on any atom is 0.322 e. The average Bonchev–Trinajstić information content (AvgIpc) is 2.49. The van der Waals surface area contributed by atoms with Crippen LogP contribution in [0.4, 0.5) is 11.9 Å². The Balaban J connectivity index is 2.18. The van der Waals surface area contributed by atoms with Gasteiger partial charge in [0.15, 0.2) is 0 Å². The number of nitrogen functional groups attached to an aromatic ring is 1. The van der Waals surface area contributed by atoms with Crippen molar-refractivity contribution in [3.05, 3.63) is 0 Å². The highest BCUT2D eigenvalue weighted by molar-refractivity contribution is 5.36. The van der Waals surface area contributed by atoms with Gasteiger partial charge in [-0.1, -0.05) is 13.8 Å². The molecule has 100 valence electrons. The minimum atomic E-state index is 0.209. The normalized spacial score (nSPS) is 19.4. The number of anilines is 2.